The van der Waals surface area contributed by atoms with E-state index in [1.54, 1.807) is 20.8 Å². The molecular weight excluding hydrogens is 389 g/mol. The van der Waals surface area contributed by atoms with Crippen LogP contribution in [0.3, 0.4) is 0 Å². The minimum absolute atomic E-state index is 0.0959. The molecule has 29 heavy (non-hydrogen) atoms. The Morgan fingerprint density at radius 1 is 1.07 bits per heavy atom. The van der Waals surface area contributed by atoms with Gasteiger partial charge in [0.2, 0.25) is 0 Å². The predicted molar refractivity (Wildman–Crippen MR) is 102 cm³/mol. The molecule has 0 saturated heterocycles. The first-order valence-electron chi connectivity index (χ1n) is 8.47. The highest BCUT2D eigenvalue weighted by Crippen LogP contribution is 2.30. The second-order valence-corrected chi connectivity index (χ2v) is 7.25. The number of fused-ring (bicyclic) bond motifs is 1. The lowest BCUT2D eigenvalue weighted by atomic mass is 10.1. The number of nitrogens with two attached hydrogens (primary N) is 1. The Bertz CT molecular complexity index is 1180. The van der Waals surface area contributed by atoms with Gasteiger partial charge in [-0.05, 0) is 39.0 Å². The van der Waals surface area contributed by atoms with Gasteiger partial charge >= 0.3 is 6.09 Å². The van der Waals surface area contributed by atoms with E-state index in [0.29, 0.717) is 6.07 Å². The fourth-order valence-corrected chi connectivity index (χ4v) is 2.62. The van der Waals surface area contributed by atoms with Crippen molar-refractivity contribution < 1.29 is 27.1 Å². The zero-order valence-corrected chi connectivity index (χ0v) is 15.7. The Balaban J connectivity index is 2.00. The van der Waals surface area contributed by atoms with Crippen molar-refractivity contribution >= 4 is 28.4 Å². The molecule has 9 heteroatoms. The van der Waals surface area contributed by atoms with Gasteiger partial charge < -0.3 is 14.9 Å². The van der Waals surface area contributed by atoms with Crippen molar-refractivity contribution in [3.63, 3.8) is 0 Å². The third kappa shape index (κ3) is 4.18. The van der Waals surface area contributed by atoms with Crippen LogP contribution < -0.4 is 16.5 Å². The van der Waals surface area contributed by atoms with Gasteiger partial charge in [0.05, 0.1) is 16.8 Å². The first-order valence-corrected chi connectivity index (χ1v) is 8.47. The smallest absolute Gasteiger partial charge is 0.412 e. The molecule has 0 atom stereocenters. The highest BCUT2D eigenvalue weighted by molar-refractivity contribution is 5.90. The number of carbonyl (C=O) groups excluding carboxylic acids is 1. The summed E-state index contributed by atoms with van der Waals surface area (Å²) in [5.74, 6) is -3.20. The number of carbonyl (C=O) groups is 1. The Morgan fingerprint density at radius 2 is 1.76 bits per heavy atom. The SMILES string of the molecule is CC(C)(C)OC(=O)Nc1ccc(-c2cc(=O)c3c(N)c(F)cc(F)c3o2)cc1F. The maximum atomic E-state index is 14.4. The summed E-state index contributed by atoms with van der Waals surface area (Å²) in [6, 6.07) is 5.02. The summed E-state index contributed by atoms with van der Waals surface area (Å²) in [6.07, 6.45) is -0.846. The zero-order valence-electron chi connectivity index (χ0n) is 15.7. The second kappa shape index (κ2) is 7.16. The van der Waals surface area contributed by atoms with Crippen molar-refractivity contribution in [2.24, 2.45) is 0 Å². The Hall–Kier alpha value is -3.49. The van der Waals surface area contributed by atoms with E-state index in [9.17, 15) is 22.8 Å². The molecule has 0 fully saturated rings. The number of hydrogen-bond donors (Lipinski definition) is 2. The molecule has 0 radical (unpaired) electrons. The van der Waals surface area contributed by atoms with Gasteiger partial charge in [-0.25, -0.2) is 18.0 Å². The summed E-state index contributed by atoms with van der Waals surface area (Å²) in [5, 5.41) is 1.83. The number of benzene rings is 2. The highest BCUT2D eigenvalue weighted by atomic mass is 19.1. The Labute approximate surface area is 163 Å². The van der Waals surface area contributed by atoms with Crippen LogP contribution in [0.15, 0.2) is 39.5 Å². The molecule has 1 amide bonds. The summed E-state index contributed by atoms with van der Waals surface area (Å²) in [6.45, 7) is 4.97. The first kappa shape index (κ1) is 20.2. The zero-order chi connectivity index (χ0) is 21.5. The van der Waals surface area contributed by atoms with Crippen molar-refractivity contribution in [2.45, 2.75) is 26.4 Å². The van der Waals surface area contributed by atoms with Crippen LogP contribution in [0.4, 0.5) is 29.3 Å². The number of ether oxygens (including phenoxy) is 1. The van der Waals surface area contributed by atoms with Crippen molar-refractivity contribution in [1.29, 1.82) is 0 Å². The molecule has 3 N–H and O–H groups in total. The number of anilines is 2. The molecule has 3 rings (SSSR count). The number of hydrogen-bond acceptors (Lipinski definition) is 5. The van der Waals surface area contributed by atoms with Crippen molar-refractivity contribution in [3.8, 4) is 11.3 Å². The molecular formula is C20H17F3N2O4. The van der Waals surface area contributed by atoms with Gasteiger partial charge in [0.25, 0.3) is 0 Å². The molecule has 152 valence electrons. The minimum atomic E-state index is -1.12. The largest absolute Gasteiger partial charge is 0.453 e. The number of nitrogens with one attached hydrogen (secondary N) is 1. The molecule has 1 heterocycles. The predicted octanol–water partition coefficient (Wildman–Crippen LogP) is 4.81. The van der Waals surface area contributed by atoms with Gasteiger partial charge in [0.15, 0.2) is 16.8 Å². The molecule has 1 aromatic heterocycles. The van der Waals surface area contributed by atoms with Crippen LogP contribution in [0.1, 0.15) is 20.8 Å². The summed E-state index contributed by atoms with van der Waals surface area (Å²) >= 11 is 0. The average molecular weight is 406 g/mol. The van der Waals surface area contributed by atoms with Gasteiger partial charge in [0, 0.05) is 17.7 Å². The van der Waals surface area contributed by atoms with Crippen LogP contribution in [0.5, 0.6) is 0 Å². The maximum Gasteiger partial charge on any atom is 0.412 e. The molecule has 6 nitrogen and oxygen atoms in total. The van der Waals surface area contributed by atoms with Gasteiger partial charge in [-0.1, -0.05) is 0 Å². The molecule has 0 saturated carbocycles. The lowest BCUT2D eigenvalue weighted by molar-refractivity contribution is 0.0635. The summed E-state index contributed by atoms with van der Waals surface area (Å²) in [4.78, 5) is 24.1. The fraction of sp³-hybridized carbons (Fsp3) is 0.200. The van der Waals surface area contributed by atoms with E-state index in [2.05, 4.69) is 5.32 Å². The summed E-state index contributed by atoms with van der Waals surface area (Å²) in [7, 11) is 0. The lowest BCUT2D eigenvalue weighted by Crippen LogP contribution is -2.27. The van der Waals surface area contributed by atoms with Crippen LogP contribution in [0.2, 0.25) is 0 Å². The standard InChI is InChI=1S/C20H17F3N2O4/c1-20(2,3)29-19(27)25-13-5-4-9(6-10(13)21)15-8-14(26)16-17(24)11(22)7-12(23)18(16)28-15/h4-8H,24H2,1-3H3,(H,25,27). The van der Waals surface area contributed by atoms with Gasteiger partial charge in [-0.3, -0.25) is 10.1 Å². The molecule has 0 aliphatic carbocycles. The molecule has 2 aromatic carbocycles. The number of rotatable bonds is 2. The molecule has 0 spiro atoms. The van der Waals surface area contributed by atoms with E-state index in [0.717, 1.165) is 12.1 Å². The van der Waals surface area contributed by atoms with Gasteiger partial charge in [-0.15, -0.1) is 0 Å². The van der Waals surface area contributed by atoms with E-state index in [1.807, 2.05) is 0 Å². The van der Waals surface area contributed by atoms with Crippen LogP contribution in [-0.4, -0.2) is 11.7 Å². The van der Waals surface area contributed by atoms with Gasteiger partial charge in [0.1, 0.15) is 23.0 Å². The van der Waals surface area contributed by atoms with E-state index in [-0.39, 0.29) is 17.0 Å². The molecule has 0 bridgehead atoms. The number of amides is 1. The quantitative estimate of drug-likeness (QED) is 0.596. The van der Waals surface area contributed by atoms with Gasteiger partial charge in [-0.2, -0.15) is 0 Å². The minimum Gasteiger partial charge on any atom is -0.453 e. The van der Waals surface area contributed by atoms with E-state index in [1.165, 1.54) is 12.1 Å². The number of halogens is 3. The third-order valence-electron chi connectivity index (χ3n) is 3.83. The maximum absolute atomic E-state index is 14.4. The summed E-state index contributed by atoms with van der Waals surface area (Å²) in [5.41, 5.74) is 2.81. The van der Waals surface area contributed by atoms with Crippen LogP contribution in [0.25, 0.3) is 22.3 Å². The Morgan fingerprint density at radius 3 is 2.38 bits per heavy atom. The first-order chi connectivity index (χ1) is 13.5. The molecule has 0 aliphatic heterocycles. The molecule has 0 unspecified atom stereocenters. The van der Waals surface area contributed by atoms with Crippen LogP contribution >= 0.6 is 0 Å². The van der Waals surface area contributed by atoms with Crippen molar-refractivity contribution in [2.75, 3.05) is 11.1 Å². The van der Waals surface area contributed by atoms with E-state index >= 15 is 0 Å². The molecule has 0 aliphatic rings. The normalized spacial score (nSPS) is 11.5. The fourth-order valence-electron chi connectivity index (χ4n) is 2.62. The third-order valence-corrected chi connectivity index (χ3v) is 3.83. The second-order valence-electron chi connectivity index (χ2n) is 7.25. The molecule has 3 aromatic rings. The van der Waals surface area contributed by atoms with Crippen molar-refractivity contribution in [3.05, 3.63) is 58.0 Å². The van der Waals surface area contributed by atoms with Crippen LogP contribution in [0, 0.1) is 17.5 Å². The average Bonchev–Trinajstić information content (AvgIpc) is 2.59. The monoisotopic (exact) mass is 406 g/mol. The number of nitrogen functional groups attached to an aromatic ring is 1. The van der Waals surface area contributed by atoms with Crippen LogP contribution in [-0.2, 0) is 4.74 Å². The topological polar surface area (TPSA) is 94.6 Å². The van der Waals surface area contributed by atoms with E-state index < -0.39 is 51.2 Å². The lowest BCUT2D eigenvalue weighted by Gasteiger charge is -2.19. The summed E-state index contributed by atoms with van der Waals surface area (Å²) < 4.78 is 52.4. The van der Waals surface area contributed by atoms with E-state index in [4.69, 9.17) is 14.9 Å². The highest BCUT2D eigenvalue weighted by Gasteiger charge is 2.19. The Kier molecular flexibility index (Phi) is 5.00. The van der Waals surface area contributed by atoms with Crippen molar-refractivity contribution in [1.82, 2.24) is 0 Å².